The van der Waals surface area contributed by atoms with Crippen LogP contribution in [0.25, 0.3) is 0 Å². The second kappa shape index (κ2) is 4.84. The van der Waals surface area contributed by atoms with E-state index in [0.717, 1.165) is 0 Å². The van der Waals surface area contributed by atoms with Gasteiger partial charge in [-0.25, -0.2) is 14.4 Å². The third kappa shape index (κ3) is 1.88. The lowest BCUT2D eigenvalue weighted by Gasteiger charge is -2.06. The second-order valence-corrected chi connectivity index (χ2v) is 5.29. The normalized spacial score (nSPS) is 18.0. The van der Waals surface area contributed by atoms with Crippen molar-refractivity contribution in [1.82, 2.24) is 0 Å². The molecule has 0 aliphatic carbocycles. The van der Waals surface area contributed by atoms with Crippen LogP contribution in [0.15, 0.2) is 36.4 Å². The Balaban J connectivity index is 1.82. The molecule has 7 nitrogen and oxygen atoms in total. The molecule has 2 heterocycles. The summed E-state index contributed by atoms with van der Waals surface area (Å²) in [6, 6.07) is 8.37. The number of ketones is 1. The van der Waals surface area contributed by atoms with Gasteiger partial charge in [-0.3, -0.25) is 4.79 Å². The first-order valence-electron chi connectivity index (χ1n) is 6.94. The molecule has 2 aliphatic heterocycles. The van der Waals surface area contributed by atoms with Gasteiger partial charge in [-0.2, -0.15) is 0 Å². The standard InChI is InChI=1S/C17H8O7/c18-13(7-4-5-8-11(6-7)16(21)23-14(8)19)9-2-1-3-10-12(9)17(22)24-15(10)20/h1-6,16,21H. The van der Waals surface area contributed by atoms with Gasteiger partial charge in [0.1, 0.15) is 0 Å². The summed E-state index contributed by atoms with van der Waals surface area (Å²) in [6.07, 6.45) is -1.44. The molecule has 4 rings (SSSR count). The number of fused-ring (bicyclic) bond motifs is 2. The summed E-state index contributed by atoms with van der Waals surface area (Å²) in [5.74, 6) is -2.88. The number of ether oxygens (including phenoxy) is 2. The van der Waals surface area contributed by atoms with Crippen LogP contribution in [-0.2, 0) is 9.47 Å². The average Bonchev–Trinajstić information content (AvgIpc) is 3.03. The first-order chi connectivity index (χ1) is 11.5. The van der Waals surface area contributed by atoms with Crippen molar-refractivity contribution in [3.63, 3.8) is 0 Å². The fourth-order valence-corrected chi connectivity index (χ4v) is 2.80. The number of aliphatic hydroxyl groups excluding tert-OH is 1. The van der Waals surface area contributed by atoms with Crippen LogP contribution in [0.4, 0.5) is 0 Å². The van der Waals surface area contributed by atoms with Crippen LogP contribution in [0, 0.1) is 0 Å². The van der Waals surface area contributed by atoms with E-state index in [4.69, 9.17) is 0 Å². The van der Waals surface area contributed by atoms with Gasteiger partial charge in [0.05, 0.1) is 16.7 Å². The predicted octanol–water partition coefficient (Wildman–Crippen LogP) is 1.39. The van der Waals surface area contributed by atoms with Crippen LogP contribution in [0.3, 0.4) is 0 Å². The van der Waals surface area contributed by atoms with Crippen molar-refractivity contribution < 1.29 is 33.8 Å². The quantitative estimate of drug-likeness (QED) is 0.505. The maximum absolute atomic E-state index is 12.7. The molecule has 0 fully saturated rings. The summed E-state index contributed by atoms with van der Waals surface area (Å²) in [7, 11) is 0. The van der Waals surface area contributed by atoms with Crippen LogP contribution < -0.4 is 0 Å². The highest BCUT2D eigenvalue weighted by Gasteiger charge is 2.35. The van der Waals surface area contributed by atoms with Gasteiger partial charge in [-0.1, -0.05) is 18.2 Å². The smallest absolute Gasteiger partial charge is 0.347 e. The minimum absolute atomic E-state index is 0.0167. The van der Waals surface area contributed by atoms with Gasteiger partial charge < -0.3 is 14.6 Å². The van der Waals surface area contributed by atoms with E-state index in [0.29, 0.717) is 0 Å². The lowest BCUT2D eigenvalue weighted by molar-refractivity contribution is -0.0548. The molecule has 0 saturated carbocycles. The first kappa shape index (κ1) is 14.3. The Morgan fingerprint density at radius 2 is 1.75 bits per heavy atom. The molecule has 118 valence electrons. The molecular formula is C17H8O7. The van der Waals surface area contributed by atoms with E-state index in [1.165, 1.54) is 36.4 Å². The van der Waals surface area contributed by atoms with E-state index in [1.807, 2.05) is 0 Å². The van der Waals surface area contributed by atoms with Crippen LogP contribution in [0.1, 0.15) is 58.8 Å². The number of aliphatic hydroxyl groups is 1. The molecular weight excluding hydrogens is 316 g/mol. The molecule has 0 spiro atoms. The molecule has 1 N–H and O–H groups in total. The third-order valence-electron chi connectivity index (χ3n) is 3.94. The van der Waals surface area contributed by atoms with Gasteiger partial charge in [-0.05, 0) is 18.2 Å². The lowest BCUT2D eigenvalue weighted by Crippen LogP contribution is -2.09. The highest BCUT2D eigenvalue weighted by molar-refractivity contribution is 6.22. The van der Waals surface area contributed by atoms with Crippen molar-refractivity contribution in [3.8, 4) is 0 Å². The number of hydrogen-bond donors (Lipinski definition) is 1. The van der Waals surface area contributed by atoms with E-state index >= 15 is 0 Å². The monoisotopic (exact) mass is 324 g/mol. The highest BCUT2D eigenvalue weighted by atomic mass is 16.6. The van der Waals surface area contributed by atoms with Crippen molar-refractivity contribution in [2.24, 2.45) is 0 Å². The average molecular weight is 324 g/mol. The van der Waals surface area contributed by atoms with Gasteiger partial charge in [-0.15, -0.1) is 0 Å². The minimum atomic E-state index is -1.44. The second-order valence-electron chi connectivity index (χ2n) is 5.29. The predicted molar refractivity (Wildman–Crippen MR) is 76.4 cm³/mol. The lowest BCUT2D eigenvalue weighted by atomic mass is 9.94. The largest absolute Gasteiger partial charge is 0.428 e. The summed E-state index contributed by atoms with van der Waals surface area (Å²) >= 11 is 0. The molecule has 0 radical (unpaired) electrons. The number of hydrogen-bond acceptors (Lipinski definition) is 7. The van der Waals surface area contributed by atoms with Gasteiger partial charge in [0.2, 0.25) is 6.29 Å². The SMILES string of the molecule is O=C1OC(O)c2cc(C(=O)c3cccc4c3C(=O)OC4=O)ccc21. The molecule has 1 unspecified atom stereocenters. The van der Waals surface area contributed by atoms with E-state index in [1.54, 1.807) is 0 Å². The molecule has 1 atom stereocenters. The molecule has 0 saturated heterocycles. The highest BCUT2D eigenvalue weighted by Crippen LogP contribution is 2.31. The zero-order chi connectivity index (χ0) is 17.0. The topological polar surface area (TPSA) is 107 Å². The van der Waals surface area contributed by atoms with E-state index in [-0.39, 0.29) is 33.4 Å². The van der Waals surface area contributed by atoms with Crippen LogP contribution in [-0.4, -0.2) is 28.8 Å². The first-order valence-corrected chi connectivity index (χ1v) is 6.94. The minimum Gasteiger partial charge on any atom is -0.428 e. The maximum Gasteiger partial charge on any atom is 0.347 e. The Labute approximate surface area is 134 Å². The summed E-state index contributed by atoms with van der Waals surface area (Å²) < 4.78 is 9.19. The Morgan fingerprint density at radius 1 is 0.958 bits per heavy atom. The Kier molecular flexibility index (Phi) is 2.88. The molecule has 2 aromatic carbocycles. The number of carbonyl (C=O) groups excluding carboxylic acids is 4. The fourth-order valence-electron chi connectivity index (χ4n) is 2.80. The third-order valence-corrected chi connectivity index (χ3v) is 3.94. The summed E-state index contributed by atoms with van der Waals surface area (Å²) in [5.41, 5.74) is 0.463. The van der Waals surface area contributed by atoms with Gasteiger partial charge >= 0.3 is 17.9 Å². The maximum atomic E-state index is 12.7. The number of cyclic esters (lactones) is 3. The van der Waals surface area contributed by atoms with Gasteiger partial charge in [0, 0.05) is 16.7 Å². The molecule has 24 heavy (non-hydrogen) atoms. The molecule has 0 bridgehead atoms. The Morgan fingerprint density at radius 3 is 2.54 bits per heavy atom. The molecule has 2 aromatic rings. The number of benzene rings is 2. The van der Waals surface area contributed by atoms with Crippen molar-refractivity contribution >= 4 is 23.7 Å². The van der Waals surface area contributed by atoms with Crippen molar-refractivity contribution in [1.29, 1.82) is 0 Å². The Bertz CT molecular complexity index is 957. The number of rotatable bonds is 2. The number of esters is 3. The molecule has 7 heteroatoms. The molecule has 0 aromatic heterocycles. The van der Waals surface area contributed by atoms with Crippen molar-refractivity contribution in [2.75, 3.05) is 0 Å². The van der Waals surface area contributed by atoms with Gasteiger partial charge in [0.15, 0.2) is 5.78 Å². The van der Waals surface area contributed by atoms with Crippen LogP contribution in [0.5, 0.6) is 0 Å². The van der Waals surface area contributed by atoms with Crippen molar-refractivity contribution in [2.45, 2.75) is 6.29 Å². The zero-order valence-electron chi connectivity index (χ0n) is 11.9. The van der Waals surface area contributed by atoms with Crippen LogP contribution in [0.2, 0.25) is 0 Å². The molecule has 0 amide bonds. The van der Waals surface area contributed by atoms with Gasteiger partial charge in [0.25, 0.3) is 0 Å². The van der Waals surface area contributed by atoms with E-state index in [9.17, 15) is 24.3 Å². The Hall–Kier alpha value is -3.32. The van der Waals surface area contributed by atoms with E-state index < -0.39 is 30.0 Å². The number of carbonyl (C=O) groups is 4. The summed E-state index contributed by atoms with van der Waals surface area (Å²) in [5, 5.41) is 9.69. The van der Waals surface area contributed by atoms with Crippen molar-refractivity contribution in [3.05, 3.63) is 69.8 Å². The summed E-state index contributed by atoms with van der Waals surface area (Å²) in [6.45, 7) is 0. The van der Waals surface area contributed by atoms with E-state index in [2.05, 4.69) is 9.47 Å². The molecule has 2 aliphatic rings. The summed E-state index contributed by atoms with van der Waals surface area (Å²) in [4.78, 5) is 47.6. The zero-order valence-corrected chi connectivity index (χ0v) is 11.9. The fraction of sp³-hybridized carbons (Fsp3) is 0.0588. The van der Waals surface area contributed by atoms with Crippen LogP contribution >= 0.6 is 0 Å².